The van der Waals surface area contributed by atoms with Crippen LogP contribution in [0.3, 0.4) is 0 Å². The van der Waals surface area contributed by atoms with Crippen molar-refractivity contribution in [3.8, 4) is 5.69 Å². The van der Waals surface area contributed by atoms with Crippen LogP contribution in [0.2, 0.25) is 0 Å². The van der Waals surface area contributed by atoms with Gasteiger partial charge in [0, 0.05) is 17.2 Å². The van der Waals surface area contributed by atoms with Crippen molar-refractivity contribution in [3.63, 3.8) is 0 Å². The number of rotatable bonds is 3. The third kappa shape index (κ3) is 2.44. The third-order valence-corrected chi connectivity index (χ3v) is 2.98. The lowest BCUT2D eigenvalue weighted by Gasteiger charge is -2.06. The smallest absolute Gasteiger partial charge is 0.147 e. The monoisotopic (exact) mass is 295 g/mol. The number of imidazole rings is 1. The summed E-state index contributed by atoms with van der Waals surface area (Å²) in [5, 5.41) is 8.03. The van der Waals surface area contributed by atoms with Crippen LogP contribution in [0, 0.1) is 18.2 Å². The number of alkyl halides is 1. The van der Waals surface area contributed by atoms with Gasteiger partial charge >= 0.3 is 0 Å². The van der Waals surface area contributed by atoms with E-state index in [1.54, 1.807) is 29.2 Å². The van der Waals surface area contributed by atoms with Gasteiger partial charge in [-0.05, 0) is 24.6 Å². The molecule has 3 nitrogen and oxygen atoms in total. The molecule has 1 heterocycles. The summed E-state index contributed by atoms with van der Waals surface area (Å²) in [6.07, 6.45) is 3.33. The Morgan fingerprint density at radius 3 is 2.82 bits per heavy atom. The van der Waals surface area contributed by atoms with Crippen molar-refractivity contribution >= 4 is 21.6 Å². The molecule has 0 atom stereocenters. The molecule has 0 saturated heterocycles. The highest BCUT2D eigenvalue weighted by Gasteiger charge is 2.08. The third-order valence-electron chi connectivity index (χ3n) is 2.42. The van der Waals surface area contributed by atoms with Gasteiger partial charge in [0.05, 0.1) is 17.7 Å². The van der Waals surface area contributed by atoms with Crippen LogP contribution in [0.15, 0.2) is 30.7 Å². The van der Waals surface area contributed by atoms with E-state index in [4.69, 9.17) is 5.41 Å². The molecular weight excluding hydrogens is 285 g/mol. The first-order chi connectivity index (χ1) is 8.11. The molecule has 17 heavy (non-hydrogen) atoms. The summed E-state index contributed by atoms with van der Waals surface area (Å²) in [6, 6.07) is 4.76. The van der Waals surface area contributed by atoms with Gasteiger partial charge in [-0.3, -0.25) is 0 Å². The average molecular weight is 296 g/mol. The van der Waals surface area contributed by atoms with E-state index in [-0.39, 0.29) is 5.82 Å². The van der Waals surface area contributed by atoms with Gasteiger partial charge in [0.25, 0.3) is 0 Å². The maximum Gasteiger partial charge on any atom is 0.147 e. The minimum atomic E-state index is -0.356. The van der Waals surface area contributed by atoms with Gasteiger partial charge in [-0.2, -0.15) is 0 Å². The Morgan fingerprint density at radius 2 is 2.29 bits per heavy atom. The summed E-state index contributed by atoms with van der Waals surface area (Å²) in [4.78, 5) is 4.05. The molecule has 2 aromatic rings. The fourth-order valence-corrected chi connectivity index (χ4v) is 1.86. The van der Waals surface area contributed by atoms with E-state index in [0.717, 1.165) is 5.69 Å². The van der Waals surface area contributed by atoms with Crippen molar-refractivity contribution in [2.45, 2.75) is 6.92 Å². The SMILES string of the molecule is Cc1cn(-c2ccc(C(=N)CBr)cc2F)cn1. The molecule has 0 aliphatic rings. The van der Waals surface area contributed by atoms with Gasteiger partial charge in [-0.15, -0.1) is 0 Å². The summed E-state index contributed by atoms with van der Waals surface area (Å²) in [5.41, 5.74) is 2.22. The van der Waals surface area contributed by atoms with Crippen LogP contribution in [-0.2, 0) is 0 Å². The van der Waals surface area contributed by atoms with Crippen LogP contribution in [0.5, 0.6) is 0 Å². The van der Waals surface area contributed by atoms with Crippen LogP contribution in [-0.4, -0.2) is 20.6 Å². The fraction of sp³-hybridized carbons (Fsp3) is 0.167. The summed E-state index contributed by atoms with van der Waals surface area (Å²) in [6.45, 7) is 1.85. The lowest BCUT2D eigenvalue weighted by atomic mass is 10.1. The van der Waals surface area contributed by atoms with E-state index in [0.29, 0.717) is 22.3 Å². The second kappa shape index (κ2) is 4.79. The molecule has 0 aliphatic heterocycles. The Labute approximate surface area is 107 Å². The summed E-state index contributed by atoms with van der Waals surface area (Å²) < 4.78 is 15.5. The predicted molar refractivity (Wildman–Crippen MR) is 68.9 cm³/mol. The molecule has 2 rings (SSSR count). The highest BCUT2D eigenvalue weighted by atomic mass is 79.9. The van der Waals surface area contributed by atoms with Crippen molar-refractivity contribution in [3.05, 3.63) is 47.8 Å². The zero-order valence-electron chi connectivity index (χ0n) is 9.24. The zero-order valence-corrected chi connectivity index (χ0v) is 10.8. The summed E-state index contributed by atoms with van der Waals surface area (Å²) in [7, 11) is 0. The molecule has 0 fully saturated rings. The summed E-state index contributed by atoms with van der Waals surface area (Å²) >= 11 is 3.18. The van der Waals surface area contributed by atoms with Crippen LogP contribution < -0.4 is 0 Å². The Bertz CT molecular complexity index is 563. The van der Waals surface area contributed by atoms with E-state index in [1.165, 1.54) is 6.07 Å². The van der Waals surface area contributed by atoms with Gasteiger partial charge in [-0.25, -0.2) is 9.37 Å². The average Bonchev–Trinajstić information content (AvgIpc) is 2.74. The van der Waals surface area contributed by atoms with Crippen molar-refractivity contribution < 1.29 is 4.39 Å². The van der Waals surface area contributed by atoms with Gasteiger partial charge < -0.3 is 9.98 Å². The number of halogens is 2. The lowest BCUT2D eigenvalue weighted by molar-refractivity contribution is 0.617. The minimum Gasteiger partial charge on any atom is -0.304 e. The molecule has 0 spiro atoms. The Kier molecular flexibility index (Phi) is 3.38. The van der Waals surface area contributed by atoms with Crippen LogP contribution in [0.4, 0.5) is 4.39 Å². The van der Waals surface area contributed by atoms with Gasteiger partial charge in [0.1, 0.15) is 5.82 Å². The molecular formula is C12H11BrFN3. The molecule has 0 unspecified atom stereocenters. The van der Waals surface area contributed by atoms with Crippen molar-refractivity contribution in [2.24, 2.45) is 0 Å². The molecule has 0 amide bonds. The van der Waals surface area contributed by atoms with Crippen molar-refractivity contribution in [1.29, 1.82) is 5.41 Å². The zero-order chi connectivity index (χ0) is 12.4. The first-order valence-corrected chi connectivity index (χ1v) is 6.18. The number of hydrogen-bond acceptors (Lipinski definition) is 2. The highest BCUT2D eigenvalue weighted by Crippen LogP contribution is 2.16. The lowest BCUT2D eigenvalue weighted by Crippen LogP contribution is -2.03. The number of benzene rings is 1. The van der Waals surface area contributed by atoms with Crippen LogP contribution in [0.1, 0.15) is 11.3 Å². The maximum absolute atomic E-state index is 13.9. The first kappa shape index (κ1) is 12.0. The highest BCUT2D eigenvalue weighted by molar-refractivity contribution is 9.09. The van der Waals surface area contributed by atoms with E-state index >= 15 is 0 Å². The number of aryl methyl sites for hydroxylation is 1. The molecule has 1 N–H and O–H groups in total. The van der Waals surface area contributed by atoms with Gasteiger partial charge in [-0.1, -0.05) is 22.0 Å². The predicted octanol–water partition coefficient (Wildman–Crippen LogP) is 3.08. The fourth-order valence-electron chi connectivity index (χ4n) is 1.53. The molecule has 0 aliphatic carbocycles. The quantitative estimate of drug-likeness (QED) is 0.686. The molecule has 0 bridgehead atoms. The van der Waals surface area contributed by atoms with E-state index in [9.17, 15) is 4.39 Å². The Balaban J connectivity index is 2.41. The van der Waals surface area contributed by atoms with Gasteiger partial charge in [0.15, 0.2) is 0 Å². The second-order valence-corrected chi connectivity index (χ2v) is 4.26. The molecule has 0 radical (unpaired) electrons. The Morgan fingerprint density at radius 1 is 1.53 bits per heavy atom. The number of aromatic nitrogens is 2. The van der Waals surface area contributed by atoms with Crippen LogP contribution in [0.25, 0.3) is 5.69 Å². The van der Waals surface area contributed by atoms with Crippen molar-refractivity contribution in [1.82, 2.24) is 9.55 Å². The van der Waals surface area contributed by atoms with E-state index < -0.39 is 0 Å². The molecule has 1 aromatic heterocycles. The van der Waals surface area contributed by atoms with E-state index in [2.05, 4.69) is 20.9 Å². The van der Waals surface area contributed by atoms with E-state index in [1.807, 2.05) is 6.92 Å². The minimum absolute atomic E-state index is 0.356. The van der Waals surface area contributed by atoms with Crippen molar-refractivity contribution in [2.75, 3.05) is 5.33 Å². The number of nitrogens with zero attached hydrogens (tertiary/aromatic N) is 2. The molecule has 88 valence electrons. The largest absolute Gasteiger partial charge is 0.304 e. The second-order valence-electron chi connectivity index (χ2n) is 3.70. The first-order valence-electron chi connectivity index (χ1n) is 5.06. The molecule has 0 saturated carbocycles. The van der Waals surface area contributed by atoms with Gasteiger partial charge in [0.2, 0.25) is 0 Å². The molecule has 5 heteroatoms. The maximum atomic E-state index is 13.9. The molecule has 1 aromatic carbocycles. The summed E-state index contributed by atoms with van der Waals surface area (Å²) in [5.74, 6) is -0.356. The Hall–Kier alpha value is -1.49. The topological polar surface area (TPSA) is 41.7 Å². The normalized spacial score (nSPS) is 10.5. The number of nitrogens with one attached hydrogen (secondary N) is 1. The standard InChI is InChI=1S/C12H11BrFN3/c1-8-6-17(7-16-8)12-3-2-9(4-10(12)14)11(15)5-13/h2-4,6-7,15H,5H2,1H3. The van der Waals surface area contributed by atoms with Crippen LogP contribution >= 0.6 is 15.9 Å². The number of hydrogen-bond donors (Lipinski definition) is 1.